The number of hydrogen-bond donors (Lipinski definition) is 0. The van der Waals surface area contributed by atoms with E-state index in [0.29, 0.717) is 16.9 Å². The molecule has 3 aromatic carbocycles. The highest BCUT2D eigenvalue weighted by atomic mass is 32.2. The summed E-state index contributed by atoms with van der Waals surface area (Å²) in [4.78, 5) is 28.0. The van der Waals surface area contributed by atoms with E-state index < -0.39 is 32.3 Å². The highest BCUT2D eigenvalue weighted by Gasteiger charge is 2.69. The third-order valence-electron chi connectivity index (χ3n) is 6.43. The van der Waals surface area contributed by atoms with Crippen LogP contribution in [0.5, 0.6) is 0 Å². The van der Waals surface area contributed by atoms with Gasteiger partial charge in [0.2, 0.25) is 5.91 Å². The average molecular weight is 461 g/mol. The molecule has 0 aliphatic carbocycles. The summed E-state index contributed by atoms with van der Waals surface area (Å²) in [5.74, 6) is -1.91. The van der Waals surface area contributed by atoms with E-state index in [9.17, 15) is 18.0 Å². The molecule has 6 nitrogen and oxygen atoms in total. The third kappa shape index (κ3) is 3.03. The molecule has 0 saturated carbocycles. The Hall–Kier alpha value is -3.45. The number of rotatable bonds is 4. The summed E-state index contributed by atoms with van der Waals surface area (Å²) in [5.41, 5.74) is 3.93. The maximum Gasteiger partial charge on any atom is 0.274 e. The predicted octanol–water partition coefficient (Wildman–Crippen LogP) is 3.72. The highest BCUT2D eigenvalue weighted by Crippen LogP contribution is 2.53. The molecule has 0 unspecified atom stereocenters. The van der Waals surface area contributed by atoms with Gasteiger partial charge in [0.05, 0.1) is 12.2 Å². The third-order valence-corrected chi connectivity index (χ3v) is 8.54. The standard InChI is InChI=1S/C26H24N2O4S/c1-3-19-10-7-11-21(15-19)28-24(29)17-33(31,32)26(28)22-14-18(2)12-13-23(22)27(25(26)30)16-20-8-5-4-6-9-20/h4-15H,3,16-17H2,1-2H3/t26-/m1/s1. The number of benzene rings is 3. The van der Waals surface area contributed by atoms with Gasteiger partial charge >= 0.3 is 0 Å². The predicted molar refractivity (Wildman–Crippen MR) is 128 cm³/mol. The number of carbonyl (C=O) groups excluding carboxylic acids is 2. The van der Waals surface area contributed by atoms with Crippen molar-refractivity contribution < 1.29 is 18.0 Å². The molecule has 0 bridgehead atoms. The Bertz CT molecular complexity index is 1380. The molecule has 0 radical (unpaired) electrons. The van der Waals surface area contributed by atoms with E-state index in [1.165, 1.54) is 9.80 Å². The topological polar surface area (TPSA) is 74.8 Å². The van der Waals surface area contributed by atoms with Crippen molar-refractivity contribution in [3.63, 3.8) is 0 Å². The van der Waals surface area contributed by atoms with E-state index in [2.05, 4.69) is 0 Å². The molecule has 33 heavy (non-hydrogen) atoms. The van der Waals surface area contributed by atoms with E-state index >= 15 is 0 Å². The molecule has 2 amide bonds. The van der Waals surface area contributed by atoms with Crippen molar-refractivity contribution in [1.82, 2.24) is 0 Å². The second kappa shape index (κ2) is 7.56. The SMILES string of the molecule is CCc1cccc(N2C(=O)CS(=O)(=O)[C@]23C(=O)N(Cc2ccccc2)c2ccc(C)cc23)c1. The molecule has 1 atom stereocenters. The first-order valence-corrected chi connectivity index (χ1v) is 12.6. The van der Waals surface area contributed by atoms with Crippen LogP contribution in [0.25, 0.3) is 0 Å². The molecule has 168 valence electrons. The van der Waals surface area contributed by atoms with Gasteiger partial charge in [-0.15, -0.1) is 0 Å². The fourth-order valence-electron chi connectivity index (χ4n) is 4.89. The van der Waals surface area contributed by atoms with Crippen molar-refractivity contribution in [2.24, 2.45) is 0 Å². The van der Waals surface area contributed by atoms with Gasteiger partial charge < -0.3 is 4.90 Å². The Balaban J connectivity index is 1.77. The summed E-state index contributed by atoms with van der Waals surface area (Å²) < 4.78 is 27.4. The largest absolute Gasteiger partial charge is 0.304 e. The second-order valence-corrected chi connectivity index (χ2v) is 10.7. The summed E-state index contributed by atoms with van der Waals surface area (Å²) in [6.45, 7) is 4.05. The van der Waals surface area contributed by atoms with E-state index in [1.54, 1.807) is 30.3 Å². The zero-order chi connectivity index (χ0) is 23.4. The van der Waals surface area contributed by atoms with Gasteiger partial charge in [-0.3, -0.25) is 14.5 Å². The van der Waals surface area contributed by atoms with Crippen LogP contribution in [-0.2, 0) is 37.3 Å². The Morgan fingerprint density at radius 1 is 0.909 bits per heavy atom. The number of amides is 2. The van der Waals surface area contributed by atoms with Gasteiger partial charge in [0.1, 0.15) is 5.75 Å². The van der Waals surface area contributed by atoms with Crippen LogP contribution in [-0.4, -0.2) is 26.0 Å². The molecular weight excluding hydrogens is 436 g/mol. The van der Waals surface area contributed by atoms with E-state index in [1.807, 2.05) is 56.3 Å². The minimum absolute atomic E-state index is 0.212. The minimum Gasteiger partial charge on any atom is -0.304 e. The summed E-state index contributed by atoms with van der Waals surface area (Å²) >= 11 is 0. The lowest BCUT2D eigenvalue weighted by molar-refractivity contribution is -0.123. The van der Waals surface area contributed by atoms with Gasteiger partial charge in [-0.05, 0) is 48.7 Å². The van der Waals surface area contributed by atoms with E-state index in [4.69, 9.17) is 0 Å². The first-order valence-electron chi connectivity index (χ1n) is 10.9. The molecule has 1 fully saturated rings. The van der Waals surface area contributed by atoms with Crippen LogP contribution in [0, 0.1) is 6.92 Å². The van der Waals surface area contributed by atoms with Crippen LogP contribution < -0.4 is 9.80 Å². The summed E-state index contributed by atoms with van der Waals surface area (Å²) in [5, 5.41) is 0. The first-order chi connectivity index (χ1) is 15.8. The van der Waals surface area contributed by atoms with Crippen molar-refractivity contribution in [2.45, 2.75) is 31.7 Å². The maximum atomic E-state index is 14.2. The second-order valence-electron chi connectivity index (χ2n) is 8.55. The molecule has 2 aliphatic heterocycles. The van der Waals surface area contributed by atoms with Crippen LogP contribution in [0.4, 0.5) is 11.4 Å². The van der Waals surface area contributed by atoms with Crippen LogP contribution in [0.1, 0.15) is 29.2 Å². The van der Waals surface area contributed by atoms with Gasteiger partial charge in [0.15, 0.2) is 9.84 Å². The number of fused-ring (bicyclic) bond motifs is 2. The quantitative estimate of drug-likeness (QED) is 0.595. The lowest BCUT2D eigenvalue weighted by atomic mass is 10.0. The fraction of sp³-hybridized carbons (Fsp3) is 0.231. The maximum absolute atomic E-state index is 14.2. The van der Waals surface area contributed by atoms with Gasteiger partial charge in [0, 0.05) is 11.3 Å². The van der Waals surface area contributed by atoms with Crippen LogP contribution in [0.2, 0.25) is 0 Å². The number of hydrogen-bond acceptors (Lipinski definition) is 4. The molecule has 7 heteroatoms. The molecule has 2 aliphatic rings. The normalized spacial score (nSPS) is 21.2. The number of carbonyl (C=O) groups is 2. The average Bonchev–Trinajstić information content (AvgIpc) is 3.16. The minimum atomic E-state index is -4.17. The van der Waals surface area contributed by atoms with Crippen LogP contribution >= 0.6 is 0 Å². The Morgan fingerprint density at radius 3 is 2.36 bits per heavy atom. The number of anilines is 2. The van der Waals surface area contributed by atoms with E-state index in [-0.39, 0.29) is 6.54 Å². The highest BCUT2D eigenvalue weighted by molar-refractivity contribution is 7.94. The molecule has 0 N–H and O–H groups in total. The Labute approximate surface area is 193 Å². The van der Waals surface area contributed by atoms with E-state index in [0.717, 1.165) is 23.1 Å². The van der Waals surface area contributed by atoms with Crippen molar-refractivity contribution in [3.05, 3.63) is 95.1 Å². The molecular formula is C26H24N2O4S. The molecule has 3 aromatic rings. The van der Waals surface area contributed by atoms with Crippen molar-refractivity contribution >= 4 is 33.0 Å². The molecule has 1 spiro atoms. The Morgan fingerprint density at radius 2 is 1.64 bits per heavy atom. The monoisotopic (exact) mass is 460 g/mol. The molecule has 5 rings (SSSR count). The Kier molecular flexibility index (Phi) is 4.90. The summed E-state index contributed by atoms with van der Waals surface area (Å²) in [6.07, 6.45) is 0.722. The van der Waals surface area contributed by atoms with Crippen LogP contribution in [0.15, 0.2) is 72.8 Å². The van der Waals surface area contributed by atoms with Gasteiger partial charge in [-0.2, -0.15) is 0 Å². The molecule has 2 heterocycles. The summed E-state index contributed by atoms with van der Waals surface area (Å²) in [6, 6.07) is 22.0. The molecule has 0 aromatic heterocycles. The molecule has 1 saturated heterocycles. The summed E-state index contributed by atoms with van der Waals surface area (Å²) in [7, 11) is -4.17. The fourth-order valence-corrected chi connectivity index (χ4v) is 6.91. The lowest BCUT2D eigenvalue weighted by Gasteiger charge is -2.33. The van der Waals surface area contributed by atoms with Gasteiger partial charge in [0.25, 0.3) is 10.8 Å². The number of aryl methyl sites for hydroxylation is 2. The zero-order valence-corrected chi connectivity index (χ0v) is 19.3. The lowest BCUT2D eigenvalue weighted by Crippen LogP contribution is -2.54. The van der Waals surface area contributed by atoms with Crippen molar-refractivity contribution in [2.75, 3.05) is 15.6 Å². The van der Waals surface area contributed by atoms with Gasteiger partial charge in [-0.25, -0.2) is 8.42 Å². The first kappa shape index (κ1) is 21.4. The number of sulfone groups is 1. The zero-order valence-electron chi connectivity index (χ0n) is 18.5. The van der Waals surface area contributed by atoms with Crippen molar-refractivity contribution in [1.29, 1.82) is 0 Å². The van der Waals surface area contributed by atoms with Crippen molar-refractivity contribution in [3.8, 4) is 0 Å². The van der Waals surface area contributed by atoms with Crippen LogP contribution in [0.3, 0.4) is 0 Å². The van der Waals surface area contributed by atoms with Gasteiger partial charge in [-0.1, -0.05) is 61.0 Å². The number of nitrogens with zero attached hydrogens (tertiary/aromatic N) is 2. The smallest absolute Gasteiger partial charge is 0.274 e.